The van der Waals surface area contributed by atoms with Crippen molar-refractivity contribution in [3.8, 4) is 0 Å². The van der Waals surface area contributed by atoms with Crippen molar-refractivity contribution in [1.29, 1.82) is 0 Å². The van der Waals surface area contributed by atoms with E-state index in [2.05, 4.69) is 51.6 Å². The van der Waals surface area contributed by atoms with E-state index in [9.17, 15) is 4.79 Å². The molecule has 1 aromatic heterocycles. The maximum absolute atomic E-state index is 12.9. The maximum atomic E-state index is 12.9. The predicted molar refractivity (Wildman–Crippen MR) is 129 cm³/mol. The van der Waals surface area contributed by atoms with Crippen LogP contribution in [-0.2, 0) is 19.5 Å². The molecule has 0 spiro atoms. The molecule has 1 heterocycles. The quantitative estimate of drug-likeness (QED) is 0.354. The number of nitrogens with zero attached hydrogens (tertiary/aromatic N) is 3. The molecule has 2 aromatic carbocycles. The minimum atomic E-state index is -0.230. The number of benzene rings is 2. The summed E-state index contributed by atoms with van der Waals surface area (Å²) in [6.45, 7) is 7.50. The van der Waals surface area contributed by atoms with Crippen LogP contribution in [0.1, 0.15) is 47.4 Å². The van der Waals surface area contributed by atoms with Crippen molar-refractivity contribution in [2.45, 2.75) is 46.7 Å². The fourth-order valence-corrected chi connectivity index (χ4v) is 3.70. The monoisotopic (exact) mass is 481 g/mol. The summed E-state index contributed by atoms with van der Waals surface area (Å²) in [5.41, 5.74) is 4.61. The molecule has 31 heavy (non-hydrogen) atoms. The number of hydrogen-bond donors (Lipinski definition) is 2. The van der Waals surface area contributed by atoms with Crippen molar-refractivity contribution in [1.82, 2.24) is 15.1 Å². The van der Waals surface area contributed by atoms with Gasteiger partial charge in [-0.05, 0) is 59.5 Å². The Morgan fingerprint density at radius 3 is 2.58 bits per heavy atom. The van der Waals surface area contributed by atoms with Crippen molar-refractivity contribution in [3.05, 3.63) is 81.6 Å². The van der Waals surface area contributed by atoms with Crippen LogP contribution >= 0.6 is 15.9 Å². The van der Waals surface area contributed by atoms with Gasteiger partial charge in [0.05, 0.1) is 17.8 Å². The van der Waals surface area contributed by atoms with E-state index in [0.29, 0.717) is 18.1 Å². The summed E-state index contributed by atoms with van der Waals surface area (Å²) in [5, 5.41) is 10.8. The van der Waals surface area contributed by atoms with Crippen molar-refractivity contribution in [3.63, 3.8) is 0 Å². The first-order valence-corrected chi connectivity index (χ1v) is 11.3. The highest BCUT2D eigenvalue weighted by Gasteiger charge is 2.14. The number of carbonyl (C=O) groups excluding carboxylic acids is 1. The van der Waals surface area contributed by atoms with E-state index in [4.69, 9.17) is 4.99 Å². The minimum Gasteiger partial charge on any atom is -0.326 e. The molecule has 0 saturated heterocycles. The van der Waals surface area contributed by atoms with Crippen LogP contribution in [0.25, 0.3) is 0 Å². The number of carbonyl (C=O) groups is 1. The van der Waals surface area contributed by atoms with Gasteiger partial charge in [0, 0.05) is 28.5 Å². The second kappa shape index (κ2) is 10.9. The molecule has 162 valence electrons. The van der Waals surface area contributed by atoms with Gasteiger partial charge in [-0.25, -0.2) is 4.99 Å². The van der Waals surface area contributed by atoms with Crippen LogP contribution < -0.4 is 10.6 Å². The zero-order valence-corrected chi connectivity index (χ0v) is 19.7. The highest BCUT2D eigenvalue weighted by molar-refractivity contribution is 9.10. The van der Waals surface area contributed by atoms with Crippen LogP contribution in [0.4, 0.5) is 5.69 Å². The first kappa shape index (κ1) is 22.7. The Kier molecular flexibility index (Phi) is 8.00. The number of guanidine groups is 1. The molecule has 3 aromatic rings. The average Bonchev–Trinajstić information content (AvgIpc) is 3.12. The zero-order chi connectivity index (χ0) is 22.2. The van der Waals surface area contributed by atoms with Gasteiger partial charge in [-0.3, -0.25) is 14.8 Å². The largest absolute Gasteiger partial charge is 0.326 e. The van der Waals surface area contributed by atoms with E-state index in [1.165, 1.54) is 0 Å². The van der Waals surface area contributed by atoms with E-state index < -0.39 is 0 Å². The molecule has 0 aliphatic carbocycles. The summed E-state index contributed by atoms with van der Waals surface area (Å²) < 4.78 is 2.68. The zero-order valence-electron chi connectivity index (χ0n) is 18.2. The van der Waals surface area contributed by atoms with E-state index in [0.717, 1.165) is 46.4 Å². The molecule has 0 saturated carbocycles. The lowest BCUT2D eigenvalue weighted by atomic mass is 10.1. The van der Waals surface area contributed by atoms with Gasteiger partial charge >= 0.3 is 0 Å². The van der Waals surface area contributed by atoms with Crippen molar-refractivity contribution in [2.75, 3.05) is 5.32 Å². The number of aryl methyl sites for hydroxylation is 3. The van der Waals surface area contributed by atoms with E-state index >= 15 is 0 Å². The molecule has 0 bridgehead atoms. The number of anilines is 1. The summed E-state index contributed by atoms with van der Waals surface area (Å²) in [5.74, 6) is 0.176. The molecule has 0 aliphatic heterocycles. The fraction of sp³-hybridized carbons (Fsp3) is 0.292. The highest BCUT2D eigenvalue weighted by Crippen LogP contribution is 2.18. The third-order valence-corrected chi connectivity index (χ3v) is 5.60. The van der Waals surface area contributed by atoms with Crippen LogP contribution in [0, 0.1) is 6.92 Å². The smallest absolute Gasteiger partial charge is 0.259 e. The molecule has 7 heteroatoms. The van der Waals surface area contributed by atoms with E-state index in [1.54, 1.807) is 6.07 Å². The average molecular weight is 482 g/mol. The first-order chi connectivity index (χ1) is 15.0. The third kappa shape index (κ3) is 6.04. The number of para-hydroxylation sites is 1. The van der Waals surface area contributed by atoms with Crippen LogP contribution in [0.3, 0.4) is 0 Å². The van der Waals surface area contributed by atoms with E-state index in [1.807, 2.05) is 54.2 Å². The third-order valence-electron chi connectivity index (χ3n) is 4.91. The standard InChI is InChI=1S/C24H28BrN5O/c1-4-14-30-16-19(17(3)29-30)15-26-24(27-22-13-9-6-10-18(22)5-2)28-23(31)20-11-7-8-12-21(20)25/h6-13,16H,4-5,14-15H2,1-3H3,(H2,26,27,28,31). The predicted octanol–water partition coefficient (Wildman–Crippen LogP) is 5.32. The lowest BCUT2D eigenvalue weighted by molar-refractivity contribution is 0.0976. The number of nitrogens with one attached hydrogen (secondary N) is 2. The molecule has 2 N–H and O–H groups in total. The summed E-state index contributed by atoms with van der Waals surface area (Å²) in [6.07, 6.45) is 3.92. The Bertz CT molecular complexity index is 1070. The van der Waals surface area contributed by atoms with Crippen molar-refractivity contribution < 1.29 is 4.79 Å². The first-order valence-electron chi connectivity index (χ1n) is 10.5. The summed E-state index contributed by atoms with van der Waals surface area (Å²) >= 11 is 3.45. The lowest BCUT2D eigenvalue weighted by Crippen LogP contribution is -2.36. The Labute approximate surface area is 191 Å². The molecule has 0 unspecified atom stereocenters. The normalized spacial score (nSPS) is 11.4. The van der Waals surface area contributed by atoms with Crippen LogP contribution in [0.15, 0.2) is 64.2 Å². The number of amides is 1. The van der Waals surface area contributed by atoms with Crippen molar-refractivity contribution in [2.24, 2.45) is 4.99 Å². The van der Waals surface area contributed by atoms with Gasteiger partial charge in [0.2, 0.25) is 5.96 Å². The highest BCUT2D eigenvalue weighted by atomic mass is 79.9. The number of aliphatic imine (C=N–C) groups is 1. The Morgan fingerprint density at radius 2 is 1.84 bits per heavy atom. The van der Waals surface area contributed by atoms with Gasteiger partial charge in [0.1, 0.15) is 0 Å². The van der Waals surface area contributed by atoms with Gasteiger partial charge in [0.25, 0.3) is 5.91 Å². The summed E-state index contributed by atoms with van der Waals surface area (Å²) in [6, 6.07) is 15.4. The number of rotatable bonds is 7. The minimum absolute atomic E-state index is 0.230. The molecule has 0 radical (unpaired) electrons. The van der Waals surface area contributed by atoms with Crippen LogP contribution in [0.2, 0.25) is 0 Å². The van der Waals surface area contributed by atoms with Crippen LogP contribution in [-0.4, -0.2) is 21.6 Å². The SMILES string of the molecule is CCCn1cc(CN=C(NC(=O)c2ccccc2Br)Nc2ccccc2CC)c(C)n1. The number of halogens is 1. The fourth-order valence-electron chi connectivity index (χ4n) is 3.23. The summed E-state index contributed by atoms with van der Waals surface area (Å²) in [7, 11) is 0. The molecular formula is C24H28BrN5O. The number of hydrogen-bond acceptors (Lipinski definition) is 3. The van der Waals surface area contributed by atoms with Gasteiger partial charge in [-0.15, -0.1) is 0 Å². The van der Waals surface area contributed by atoms with Gasteiger partial charge in [0.15, 0.2) is 0 Å². The second-order valence-corrected chi connectivity index (χ2v) is 8.09. The summed E-state index contributed by atoms with van der Waals surface area (Å²) in [4.78, 5) is 17.6. The second-order valence-electron chi connectivity index (χ2n) is 7.24. The van der Waals surface area contributed by atoms with Gasteiger partial charge < -0.3 is 5.32 Å². The van der Waals surface area contributed by atoms with Gasteiger partial charge in [-0.2, -0.15) is 5.10 Å². The maximum Gasteiger partial charge on any atom is 0.259 e. The molecular weight excluding hydrogens is 454 g/mol. The molecule has 1 amide bonds. The Hall–Kier alpha value is -2.93. The van der Waals surface area contributed by atoms with Gasteiger partial charge in [-0.1, -0.05) is 44.2 Å². The molecule has 3 rings (SSSR count). The van der Waals surface area contributed by atoms with Crippen LogP contribution in [0.5, 0.6) is 0 Å². The number of aromatic nitrogens is 2. The molecule has 6 nitrogen and oxygen atoms in total. The van der Waals surface area contributed by atoms with E-state index in [-0.39, 0.29) is 5.91 Å². The molecule has 0 aliphatic rings. The lowest BCUT2D eigenvalue weighted by Gasteiger charge is -2.15. The topological polar surface area (TPSA) is 71.3 Å². The van der Waals surface area contributed by atoms with Crippen molar-refractivity contribution >= 4 is 33.5 Å². The molecule has 0 atom stereocenters. The Morgan fingerprint density at radius 1 is 1.10 bits per heavy atom. The molecule has 0 fully saturated rings. The Balaban J connectivity index is 1.87.